The van der Waals surface area contributed by atoms with E-state index in [-0.39, 0.29) is 5.82 Å². The summed E-state index contributed by atoms with van der Waals surface area (Å²) < 4.78 is 13.3. The Balaban J connectivity index is 2.55. The monoisotopic (exact) mass is 207 g/mol. The van der Waals surface area contributed by atoms with Crippen LogP contribution in [0.2, 0.25) is 5.15 Å². The van der Waals surface area contributed by atoms with E-state index in [1.54, 1.807) is 36.5 Å². The normalized spacial score (nSPS) is 10.1. The molecule has 0 saturated carbocycles. The fourth-order valence-corrected chi connectivity index (χ4v) is 1.44. The van der Waals surface area contributed by atoms with E-state index in [2.05, 4.69) is 4.98 Å². The SMILES string of the molecule is Fc1ccccc1-c1ccnc(Cl)c1. The minimum absolute atomic E-state index is 0.255. The van der Waals surface area contributed by atoms with Gasteiger partial charge in [0.25, 0.3) is 0 Å². The second-order valence-electron chi connectivity index (χ2n) is 2.85. The van der Waals surface area contributed by atoms with Crippen molar-refractivity contribution in [3.63, 3.8) is 0 Å². The lowest BCUT2D eigenvalue weighted by atomic mass is 10.1. The number of benzene rings is 1. The van der Waals surface area contributed by atoms with E-state index in [1.165, 1.54) is 6.07 Å². The van der Waals surface area contributed by atoms with Gasteiger partial charge in [0.15, 0.2) is 0 Å². The van der Waals surface area contributed by atoms with Crippen LogP contribution in [-0.2, 0) is 0 Å². The number of halogens is 2. The number of rotatable bonds is 1. The molecule has 0 N–H and O–H groups in total. The van der Waals surface area contributed by atoms with Crippen LogP contribution in [0.4, 0.5) is 4.39 Å². The minimum atomic E-state index is -0.255. The van der Waals surface area contributed by atoms with Gasteiger partial charge in [0.1, 0.15) is 11.0 Å². The first kappa shape index (κ1) is 9.16. The van der Waals surface area contributed by atoms with Crippen LogP contribution in [-0.4, -0.2) is 4.98 Å². The van der Waals surface area contributed by atoms with Gasteiger partial charge in [-0.3, -0.25) is 0 Å². The van der Waals surface area contributed by atoms with Crippen molar-refractivity contribution in [1.82, 2.24) is 4.98 Å². The fourth-order valence-electron chi connectivity index (χ4n) is 1.27. The standard InChI is InChI=1S/C11H7ClFN/c12-11-7-8(5-6-14-11)9-3-1-2-4-10(9)13/h1-7H. The molecule has 70 valence electrons. The zero-order valence-corrected chi connectivity index (χ0v) is 8.00. The molecule has 0 aliphatic rings. The molecule has 14 heavy (non-hydrogen) atoms. The molecule has 0 saturated heterocycles. The van der Waals surface area contributed by atoms with Gasteiger partial charge < -0.3 is 0 Å². The number of hydrogen-bond donors (Lipinski definition) is 0. The van der Waals surface area contributed by atoms with Crippen LogP contribution >= 0.6 is 11.6 Å². The molecule has 0 spiro atoms. The summed E-state index contributed by atoms with van der Waals surface area (Å²) in [6.45, 7) is 0. The predicted molar refractivity (Wildman–Crippen MR) is 54.6 cm³/mol. The summed E-state index contributed by atoms with van der Waals surface area (Å²) in [4.78, 5) is 3.84. The van der Waals surface area contributed by atoms with E-state index in [9.17, 15) is 4.39 Å². The van der Waals surface area contributed by atoms with Crippen molar-refractivity contribution < 1.29 is 4.39 Å². The number of nitrogens with zero attached hydrogens (tertiary/aromatic N) is 1. The lowest BCUT2D eigenvalue weighted by Gasteiger charge is -2.02. The molecule has 2 aromatic rings. The summed E-state index contributed by atoms with van der Waals surface area (Å²) in [5.41, 5.74) is 1.28. The molecule has 1 aromatic heterocycles. The zero-order chi connectivity index (χ0) is 9.97. The Morgan fingerprint density at radius 2 is 1.93 bits per heavy atom. The van der Waals surface area contributed by atoms with Crippen LogP contribution in [0, 0.1) is 5.82 Å². The van der Waals surface area contributed by atoms with Crippen molar-refractivity contribution >= 4 is 11.6 Å². The highest BCUT2D eigenvalue weighted by Gasteiger charge is 2.03. The highest BCUT2D eigenvalue weighted by molar-refractivity contribution is 6.29. The van der Waals surface area contributed by atoms with Gasteiger partial charge in [-0.15, -0.1) is 0 Å². The van der Waals surface area contributed by atoms with Gasteiger partial charge in [0.05, 0.1) is 0 Å². The maximum absolute atomic E-state index is 13.3. The first-order valence-electron chi connectivity index (χ1n) is 4.14. The quantitative estimate of drug-likeness (QED) is 0.652. The summed E-state index contributed by atoms with van der Waals surface area (Å²) in [5.74, 6) is -0.255. The van der Waals surface area contributed by atoms with E-state index < -0.39 is 0 Å². The third-order valence-electron chi connectivity index (χ3n) is 1.91. The topological polar surface area (TPSA) is 12.9 Å². The Bertz CT molecular complexity index is 457. The molecule has 0 radical (unpaired) electrons. The molecule has 0 fully saturated rings. The van der Waals surface area contributed by atoms with Crippen molar-refractivity contribution in [2.24, 2.45) is 0 Å². The van der Waals surface area contributed by atoms with Crippen molar-refractivity contribution in [1.29, 1.82) is 0 Å². The van der Waals surface area contributed by atoms with Crippen molar-refractivity contribution in [2.75, 3.05) is 0 Å². The molecule has 3 heteroatoms. The molecule has 0 unspecified atom stereocenters. The zero-order valence-electron chi connectivity index (χ0n) is 7.24. The first-order valence-corrected chi connectivity index (χ1v) is 4.51. The largest absolute Gasteiger partial charge is 0.245 e. The summed E-state index contributed by atoms with van der Waals surface area (Å²) >= 11 is 5.71. The van der Waals surface area contributed by atoms with E-state index in [0.717, 1.165) is 5.56 Å². The summed E-state index contributed by atoms with van der Waals surface area (Å²) in [7, 11) is 0. The van der Waals surface area contributed by atoms with Crippen molar-refractivity contribution in [3.8, 4) is 11.1 Å². The maximum atomic E-state index is 13.3. The van der Waals surface area contributed by atoms with Crippen molar-refractivity contribution in [3.05, 3.63) is 53.6 Å². The van der Waals surface area contributed by atoms with Crippen LogP contribution < -0.4 is 0 Å². The third kappa shape index (κ3) is 1.75. The average Bonchev–Trinajstić information content (AvgIpc) is 2.18. The number of aromatic nitrogens is 1. The van der Waals surface area contributed by atoms with Crippen LogP contribution in [0.25, 0.3) is 11.1 Å². The third-order valence-corrected chi connectivity index (χ3v) is 2.12. The molecule has 0 aliphatic heterocycles. The second kappa shape index (κ2) is 3.76. The average molecular weight is 208 g/mol. The number of pyridine rings is 1. The molecule has 0 atom stereocenters. The fraction of sp³-hybridized carbons (Fsp3) is 0. The molecule has 0 bridgehead atoms. The van der Waals surface area contributed by atoms with Crippen LogP contribution in [0.3, 0.4) is 0 Å². The molecule has 1 nitrogen and oxygen atoms in total. The molecule has 2 rings (SSSR count). The smallest absolute Gasteiger partial charge is 0.131 e. The molecule has 1 heterocycles. The van der Waals surface area contributed by atoms with Crippen LogP contribution in [0.5, 0.6) is 0 Å². The van der Waals surface area contributed by atoms with Crippen molar-refractivity contribution in [2.45, 2.75) is 0 Å². The lowest BCUT2D eigenvalue weighted by Crippen LogP contribution is -1.84. The summed E-state index contributed by atoms with van der Waals surface area (Å²) in [5, 5.41) is 0.366. The van der Waals surface area contributed by atoms with Gasteiger partial charge in [0, 0.05) is 11.8 Å². The van der Waals surface area contributed by atoms with Gasteiger partial charge in [-0.2, -0.15) is 0 Å². The lowest BCUT2D eigenvalue weighted by molar-refractivity contribution is 0.631. The Morgan fingerprint density at radius 1 is 1.14 bits per heavy atom. The Kier molecular flexibility index (Phi) is 2.46. The summed E-state index contributed by atoms with van der Waals surface area (Å²) in [6.07, 6.45) is 1.56. The van der Waals surface area contributed by atoms with Crippen LogP contribution in [0.1, 0.15) is 0 Å². The van der Waals surface area contributed by atoms with Gasteiger partial charge >= 0.3 is 0 Å². The second-order valence-corrected chi connectivity index (χ2v) is 3.23. The number of hydrogen-bond acceptors (Lipinski definition) is 1. The summed E-state index contributed by atoms with van der Waals surface area (Å²) in [6, 6.07) is 9.93. The van der Waals surface area contributed by atoms with Gasteiger partial charge in [0.2, 0.25) is 0 Å². The molecular weight excluding hydrogens is 201 g/mol. The highest BCUT2D eigenvalue weighted by atomic mass is 35.5. The maximum Gasteiger partial charge on any atom is 0.131 e. The molecule has 0 aliphatic carbocycles. The minimum Gasteiger partial charge on any atom is -0.245 e. The Morgan fingerprint density at radius 3 is 2.64 bits per heavy atom. The van der Waals surface area contributed by atoms with Gasteiger partial charge in [-0.1, -0.05) is 29.8 Å². The predicted octanol–water partition coefficient (Wildman–Crippen LogP) is 3.54. The van der Waals surface area contributed by atoms with E-state index in [0.29, 0.717) is 10.7 Å². The van der Waals surface area contributed by atoms with Crippen LogP contribution in [0.15, 0.2) is 42.6 Å². The van der Waals surface area contributed by atoms with E-state index in [4.69, 9.17) is 11.6 Å². The molecular formula is C11H7ClFN. The van der Waals surface area contributed by atoms with E-state index >= 15 is 0 Å². The highest BCUT2D eigenvalue weighted by Crippen LogP contribution is 2.23. The Hall–Kier alpha value is -1.41. The van der Waals surface area contributed by atoms with Gasteiger partial charge in [-0.05, 0) is 23.8 Å². The van der Waals surface area contributed by atoms with Gasteiger partial charge in [-0.25, -0.2) is 9.37 Å². The van der Waals surface area contributed by atoms with E-state index in [1.807, 2.05) is 0 Å². The first-order chi connectivity index (χ1) is 6.77. The molecule has 1 aromatic carbocycles. The molecule has 0 amide bonds. The Labute approximate surface area is 86.2 Å².